The van der Waals surface area contributed by atoms with Crippen LogP contribution in [0.4, 0.5) is 0 Å². The number of ether oxygens (including phenoxy) is 1. The molecule has 0 bridgehead atoms. The second kappa shape index (κ2) is 7.71. The van der Waals surface area contributed by atoms with Crippen LogP contribution in [0.25, 0.3) is 0 Å². The number of carboxylic acid groups (broad SMARTS) is 1. The van der Waals surface area contributed by atoms with Crippen molar-refractivity contribution in [2.24, 2.45) is 0 Å². The van der Waals surface area contributed by atoms with Gasteiger partial charge in [0, 0.05) is 6.54 Å². The van der Waals surface area contributed by atoms with E-state index in [1.807, 2.05) is 0 Å². The molecule has 122 valence electrons. The summed E-state index contributed by atoms with van der Waals surface area (Å²) >= 11 is 0. The summed E-state index contributed by atoms with van der Waals surface area (Å²) in [5.74, 6) is -1.50. The van der Waals surface area contributed by atoms with Gasteiger partial charge in [0.1, 0.15) is 0 Å². The Balaban J connectivity index is 2.72. The van der Waals surface area contributed by atoms with Gasteiger partial charge in [-0.3, -0.25) is 9.59 Å². The second-order valence-electron chi connectivity index (χ2n) is 5.02. The van der Waals surface area contributed by atoms with Crippen molar-refractivity contribution in [2.75, 3.05) is 25.5 Å². The molecule has 0 spiro atoms. The Morgan fingerprint density at radius 3 is 2.71 bits per heavy atom. The van der Waals surface area contributed by atoms with Crippen LogP contribution >= 0.6 is 0 Å². The monoisotopic (exact) mass is 322 g/mol. The van der Waals surface area contributed by atoms with Gasteiger partial charge in [-0.25, -0.2) is 13.1 Å². The highest BCUT2D eigenvalue weighted by Gasteiger charge is 2.32. The van der Waals surface area contributed by atoms with E-state index in [9.17, 15) is 18.0 Å². The molecule has 0 radical (unpaired) electrons. The van der Waals surface area contributed by atoms with Gasteiger partial charge in [0.15, 0.2) is 0 Å². The first kappa shape index (κ1) is 17.9. The topological polar surface area (TPSA) is 113 Å². The summed E-state index contributed by atoms with van der Waals surface area (Å²) in [7, 11) is -3.50. The molecule has 2 unspecified atom stereocenters. The average Bonchev–Trinajstić information content (AvgIpc) is 2.37. The Morgan fingerprint density at radius 1 is 1.48 bits per heavy atom. The zero-order valence-corrected chi connectivity index (χ0v) is 13.1. The van der Waals surface area contributed by atoms with E-state index in [2.05, 4.69) is 4.72 Å². The van der Waals surface area contributed by atoms with Crippen LogP contribution in [0.5, 0.6) is 0 Å². The van der Waals surface area contributed by atoms with Gasteiger partial charge >= 0.3 is 5.97 Å². The van der Waals surface area contributed by atoms with E-state index in [-0.39, 0.29) is 25.3 Å². The molecule has 0 aromatic rings. The Labute approximate surface area is 124 Å². The zero-order valence-electron chi connectivity index (χ0n) is 12.2. The molecule has 2 N–H and O–H groups in total. The quantitative estimate of drug-likeness (QED) is 0.647. The minimum Gasteiger partial charge on any atom is -0.481 e. The fraction of sp³-hybridized carbons (Fsp3) is 0.833. The number of carbonyl (C=O) groups is 2. The van der Waals surface area contributed by atoms with Gasteiger partial charge in [-0.05, 0) is 13.3 Å². The molecule has 1 fully saturated rings. The van der Waals surface area contributed by atoms with E-state index in [4.69, 9.17) is 9.84 Å². The lowest BCUT2D eigenvalue weighted by atomic mass is 10.1. The minimum atomic E-state index is -3.50. The lowest BCUT2D eigenvalue weighted by molar-refractivity contribution is -0.147. The number of sulfonamides is 1. The summed E-state index contributed by atoms with van der Waals surface area (Å²) in [6, 6.07) is -1.49. The lowest BCUT2D eigenvalue weighted by Crippen LogP contribution is -2.55. The van der Waals surface area contributed by atoms with Gasteiger partial charge in [-0.15, -0.1) is 0 Å². The number of nitrogens with one attached hydrogen (secondary N) is 1. The van der Waals surface area contributed by atoms with Gasteiger partial charge in [0.25, 0.3) is 0 Å². The highest BCUT2D eigenvalue weighted by Crippen LogP contribution is 2.13. The smallest absolute Gasteiger partial charge is 0.305 e. The summed E-state index contributed by atoms with van der Waals surface area (Å²) in [5.41, 5.74) is 0. The van der Waals surface area contributed by atoms with Crippen LogP contribution < -0.4 is 4.72 Å². The third-order valence-electron chi connectivity index (χ3n) is 3.12. The van der Waals surface area contributed by atoms with E-state index >= 15 is 0 Å². The maximum atomic E-state index is 12.3. The number of hydrogen-bond acceptors (Lipinski definition) is 5. The molecule has 1 rings (SSSR count). The van der Waals surface area contributed by atoms with Gasteiger partial charge < -0.3 is 14.7 Å². The normalized spacial score (nSPS) is 21.0. The molecule has 1 aliphatic rings. The third kappa shape index (κ3) is 5.60. The average molecular weight is 322 g/mol. The van der Waals surface area contributed by atoms with E-state index in [0.717, 1.165) is 0 Å². The first-order chi connectivity index (χ1) is 9.76. The molecule has 1 amide bonds. The summed E-state index contributed by atoms with van der Waals surface area (Å²) in [6.45, 7) is 3.92. The summed E-state index contributed by atoms with van der Waals surface area (Å²) in [6.07, 6.45) is 0.232. The molecular weight excluding hydrogens is 300 g/mol. The second-order valence-corrected chi connectivity index (χ2v) is 6.89. The number of carbonyl (C=O) groups excluding carboxylic acids is 1. The number of morpholine rings is 1. The number of hydrogen-bond donors (Lipinski definition) is 2. The van der Waals surface area contributed by atoms with Crippen LogP contribution in [-0.2, 0) is 24.3 Å². The fourth-order valence-electron chi connectivity index (χ4n) is 2.21. The molecular formula is C12H22N2O6S. The fourth-order valence-corrected chi connectivity index (χ4v) is 3.51. The molecule has 0 saturated carbocycles. The molecule has 0 aromatic carbocycles. The molecule has 2 atom stereocenters. The molecule has 9 heteroatoms. The Bertz CT molecular complexity index is 478. The Kier molecular flexibility index (Phi) is 6.56. The van der Waals surface area contributed by atoms with Crippen LogP contribution in [-0.4, -0.2) is 67.9 Å². The van der Waals surface area contributed by atoms with Crippen LogP contribution in [0, 0.1) is 0 Å². The van der Waals surface area contributed by atoms with E-state index in [1.165, 1.54) is 11.8 Å². The van der Waals surface area contributed by atoms with Crippen molar-refractivity contribution in [3.63, 3.8) is 0 Å². The van der Waals surface area contributed by atoms with Crippen molar-refractivity contribution in [1.82, 2.24) is 9.62 Å². The highest BCUT2D eigenvalue weighted by molar-refractivity contribution is 7.89. The van der Waals surface area contributed by atoms with Gasteiger partial charge in [-0.1, -0.05) is 6.92 Å². The largest absolute Gasteiger partial charge is 0.481 e. The van der Waals surface area contributed by atoms with Crippen molar-refractivity contribution in [1.29, 1.82) is 0 Å². The molecule has 1 heterocycles. The Morgan fingerprint density at radius 2 is 2.14 bits per heavy atom. The lowest BCUT2D eigenvalue weighted by Gasteiger charge is -2.36. The molecule has 0 aliphatic carbocycles. The first-order valence-corrected chi connectivity index (χ1v) is 8.52. The number of carboxylic acids is 1. The van der Waals surface area contributed by atoms with E-state index < -0.39 is 34.0 Å². The van der Waals surface area contributed by atoms with Crippen molar-refractivity contribution in [2.45, 2.75) is 38.8 Å². The van der Waals surface area contributed by atoms with Crippen LogP contribution in [0.15, 0.2) is 0 Å². The number of aliphatic carboxylic acids is 1. The molecule has 8 nitrogen and oxygen atoms in total. The van der Waals surface area contributed by atoms with Crippen molar-refractivity contribution < 1.29 is 27.9 Å². The Hall–Kier alpha value is -1.19. The summed E-state index contributed by atoms with van der Waals surface area (Å²) in [5, 5.41) is 8.86. The predicted molar refractivity (Wildman–Crippen MR) is 75.2 cm³/mol. The van der Waals surface area contributed by atoms with E-state index in [0.29, 0.717) is 13.0 Å². The van der Waals surface area contributed by atoms with Crippen molar-refractivity contribution in [3.8, 4) is 0 Å². The molecule has 1 aliphatic heterocycles. The summed E-state index contributed by atoms with van der Waals surface area (Å²) in [4.78, 5) is 24.5. The SMILES string of the molecule is CCCS(=O)(=O)NC(C)C(=O)N1CCOCC1CC(=O)O. The third-order valence-corrected chi connectivity index (χ3v) is 4.78. The highest BCUT2D eigenvalue weighted by atomic mass is 32.2. The van der Waals surface area contributed by atoms with Crippen LogP contribution in [0.3, 0.4) is 0 Å². The maximum Gasteiger partial charge on any atom is 0.305 e. The number of nitrogens with zero attached hydrogens (tertiary/aromatic N) is 1. The van der Waals surface area contributed by atoms with Crippen molar-refractivity contribution in [3.05, 3.63) is 0 Å². The molecule has 0 aromatic heterocycles. The zero-order chi connectivity index (χ0) is 16.0. The molecule has 1 saturated heterocycles. The minimum absolute atomic E-state index is 0.0493. The van der Waals surface area contributed by atoms with Gasteiger partial charge in [0.2, 0.25) is 15.9 Å². The van der Waals surface area contributed by atoms with Crippen LogP contribution in [0.1, 0.15) is 26.7 Å². The number of rotatable bonds is 7. The van der Waals surface area contributed by atoms with E-state index in [1.54, 1.807) is 6.92 Å². The standard InChI is InChI=1S/C12H22N2O6S/c1-3-6-21(18,19)13-9(2)12(17)14-4-5-20-8-10(14)7-11(15)16/h9-10,13H,3-8H2,1-2H3,(H,15,16). The van der Waals surface area contributed by atoms with Crippen LogP contribution in [0.2, 0.25) is 0 Å². The maximum absolute atomic E-state index is 12.3. The first-order valence-electron chi connectivity index (χ1n) is 6.87. The van der Waals surface area contributed by atoms with Gasteiger partial charge in [-0.2, -0.15) is 0 Å². The summed E-state index contributed by atoms with van der Waals surface area (Å²) < 4.78 is 30.9. The number of amides is 1. The molecule has 21 heavy (non-hydrogen) atoms. The van der Waals surface area contributed by atoms with Gasteiger partial charge in [0.05, 0.1) is 37.5 Å². The van der Waals surface area contributed by atoms with Crippen molar-refractivity contribution >= 4 is 21.9 Å². The predicted octanol–water partition coefficient (Wildman–Crippen LogP) is -0.594.